The number of anilines is 1. The predicted molar refractivity (Wildman–Crippen MR) is 98.6 cm³/mol. The lowest BCUT2D eigenvalue weighted by atomic mass is 9.72. The zero-order valence-corrected chi connectivity index (χ0v) is 15.9. The monoisotopic (exact) mass is 389 g/mol. The second-order valence-electron chi connectivity index (χ2n) is 6.20. The smallest absolute Gasteiger partial charge is 0.243 e. The maximum absolute atomic E-state index is 12.4. The normalized spacial score (nSPS) is 19.8. The Balaban J connectivity index is 2.20. The quantitative estimate of drug-likeness (QED) is 0.817. The van der Waals surface area contributed by atoms with Crippen LogP contribution in [0.2, 0.25) is 5.02 Å². The predicted octanol–water partition coefficient (Wildman–Crippen LogP) is 2.83. The molecule has 2 N–H and O–H groups in total. The first-order chi connectivity index (χ1) is 12.2. The molecule has 2 heterocycles. The van der Waals surface area contributed by atoms with E-state index in [1.807, 2.05) is 6.07 Å². The molecular formula is C17H16ClN5O2S. The third kappa shape index (κ3) is 3.98. The van der Waals surface area contributed by atoms with E-state index < -0.39 is 22.5 Å². The van der Waals surface area contributed by atoms with Crippen molar-refractivity contribution in [3.05, 3.63) is 34.0 Å². The van der Waals surface area contributed by atoms with Gasteiger partial charge in [0, 0.05) is 11.6 Å². The van der Waals surface area contributed by atoms with Gasteiger partial charge in [-0.1, -0.05) is 37.2 Å². The van der Waals surface area contributed by atoms with Crippen LogP contribution in [0.15, 0.2) is 28.9 Å². The van der Waals surface area contributed by atoms with Crippen molar-refractivity contribution in [2.75, 3.05) is 5.32 Å². The van der Waals surface area contributed by atoms with Crippen molar-refractivity contribution < 1.29 is 9.59 Å². The second-order valence-corrected chi connectivity index (χ2v) is 7.99. The fourth-order valence-electron chi connectivity index (χ4n) is 2.42. The lowest BCUT2D eigenvalue weighted by Crippen LogP contribution is -2.45. The zero-order chi connectivity index (χ0) is 19.5. The van der Waals surface area contributed by atoms with Gasteiger partial charge in [0.25, 0.3) is 0 Å². The number of carbonyl (C=O) groups is 2. The molecule has 0 aromatic carbocycles. The Morgan fingerprint density at radius 3 is 2.69 bits per heavy atom. The Morgan fingerprint density at radius 2 is 2.15 bits per heavy atom. The van der Waals surface area contributed by atoms with Crippen molar-refractivity contribution >= 4 is 41.0 Å². The number of carbonyl (C=O) groups excluding carboxylic acids is 2. The molecule has 2 amide bonds. The SMILES string of the molecule is CC(SC1=C(C#N)C(C)(C)C(C#N)C(=O)N1)C(=O)Nc1ccc(Cl)cn1. The fourth-order valence-corrected chi connectivity index (χ4v) is 3.64. The van der Waals surface area contributed by atoms with Gasteiger partial charge in [0.2, 0.25) is 11.8 Å². The summed E-state index contributed by atoms with van der Waals surface area (Å²) in [7, 11) is 0. The van der Waals surface area contributed by atoms with Crippen LogP contribution in [-0.4, -0.2) is 22.0 Å². The van der Waals surface area contributed by atoms with Gasteiger partial charge in [0.1, 0.15) is 11.7 Å². The summed E-state index contributed by atoms with van der Waals surface area (Å²) in [6.45, 7) is 4.98. The first kappa shape index (κ1) is 19.8. The summed E-state index contributed by atoms with van der Waals surface area (Å²) in [4.78, 5) is 28.5. The molecule has 1 aliphatic rings. The number of halogens is 1. The third-order valence-electron chi connectivity index (χ3n) is 3.98. The summed E-state index contributed by atoms with van der Waals surface area (Å²) in [5.41, 5.74) is -0.667. The lowest BCUT2D eigenvalue weighted by molar-refractivity contribution is -0.125. The van der Waals surface area contributed by atoms with Crippen molar-refractivity contribution in [3.63, 3.8) is 0 Å². The lowest BCUT2D eigenvalue weighted by Gasteiger charge is -2.35. The number of amides is 2. The molecular weight excluding hydrogens is 374 g/mol. The molecule has 26 heavy (non-hydrogen) atoms. The number of hydrogen-bond acceptors (Lipinski definition) is 6. The van der Waals surface area contributed by atoms with Gasteiger partial charge in [-0.2, -0.15) is 10.5 Å². The first-order valence-electron chi connectivity index (χ1n) is 7.65. The number of thioether (sulfide) groups is 1. The van der Waals surface area contributed by atoms with E-state index in [-0.39, 0.29) is 11.5 Å². The standard InChI is InChI=1S/C17H16ClN5O2S/c1-9(14(24)22-13-5-4-10(18)8-21-13)26-16-12(7-20)17(2,3)11(6-19)15(25)23-16/h4-5,8-9,11H,1-3H3,(H,23,25)(H,21,22,24). The largest absolute Gasteiger partial charge is 0.319 e. The van der Waals surface area contributed by atoms with E-state index in [0.29, 0.717) is 15.9 Å². The summed E-state index contributed by atoms with van der Waals surface area (Å²) in [6.07, 6.45) is 1.41. The highest BCUT2D eigenvalue weighted by Crippen LogP contribution is 2.42. The van der Waals surface area contributed by atoms with E-state index in [1.165, 1.54) is 6.20 Å². The van der Waals surface area contributed by atoms with Gasteiger partial charge >= 0.3 is 0 Å². The molecule has 0 aliphatic carbocycles. The van der Waals surface area contributed by atoms with Crippen molar-refractivity contribution in [1.82, 2.24) is 10.3 Å². The van der Waals surface area contributed by atoms with E-state index in [9.17, 15) is 20.1 Å². The summed E-state index contributed by atoms with van der Waals surface area (Å²) in [5.74, 6) is -1.45. The van der Waals surface area contributed by atoms with E-state index in [2.05, 4.69) is 21.7 Å². The van der Waals surface area contributed by atoms with Crippen molar-refractivity contribution in [3.8, 4) is 12.1 Å². The Bertz CT molecular complexity index is 851. The minimum atomic E-state index is -0.969. The molecule has 0 fully saturated rings. The molecule has 7 nitrogen and oxygen atoms in total. The van der Waals surface area contributed by atoms with E-state index in [4.69, 9.17) is 11.6 Å². The molecule has 2 atom stereocenters. The van der Waals surface area contributed by atoms with Gasteiger partial charge in [-0.15, -0.1) is 0 Å². The van der Waals surface area contributed by atoms with Gasteiger partial charge in [-0.3, -0.25) is 9.59 Å². The molecule has 0 radical (unpaired) electrons. The highest BCUT2D eigenvalue weighted by molar-refractivity contribution is 8.04. The Hall–Kier alpha value is -2.55. The molecule has 134 valence electrons. The van der Waals surface area contributed by atoms with Crippen molar-refractivity contribution in [2.24, 2.45) is 11.3 Å². The molecule has 1 aliphatic heterocycles. The molecule has 2 unspecified atom stereocenters. The number of nitriles is 2. The van der Waals surface area contributed by atoms with Gasteiger partial charge in [0.05, 0.1) is 33.0 Å². The van der Waals surface area contributed by atoms with Crippen molar-refractivity contribution in [2.45, 2.75) is 26.0 Å². The Labute approximate surface area is 160 Å². The van der Waals surface area contributed by atoms with Crippen LogP contribution in [0, 0.1) is 34.0 Å². The first-order valence-corrected chi connectivity index (χ1v) is 8.91. The van der Waals surface area contributed by atoms with Crippen LogP contribution in [0.4, 0.5) is 5.82 Å². The Kier molecular flexibility index (Phi) is 5.91. The van der Waals surface area contributed by atoms with Gasteiger partial charge < -0.3 is 10.6 Å². The number of nitrogens with zero attached hydrogens (tertiary/aromatic N) is 3. The third-order valence-corrected chi connectivity index (χ3v) is 5.31. The van der Waals surface area contributed by atoms with Gasteiger partial charge in [-0.25, -0.2) is 4.98 Å². The number of aromatic nitrogens is 1. The van der Waals surface area contributed by atoms with E-state index in [1.54, 1.807) is 32.9 Å². The van der Waals surface area contributed by atoms with Crippen LogP contribution >= 0.6 is 23.4 Å². The summed E-state index contributed by atoms with van der Waals surface area (Å²) < 4.78 is 0. The van der Waals surface area contributed by atoms with Crippen LogP contribution < -0.4 is 10.6 Å². The Morgan fingerprint density at radius 1 is 1.46 bits per heavy atom. The average Bonchev–Trinajstić information content (AvgIpc) is 2.56. The number of hydrogen-bond donors (Lipinski definition) is 2. The maximum Gasteiger partial charge on any atom is 0.243 e. The number of rotatable bonds is 4. The molecule has 0 saturated carbocycles. The van der Waals surface area contributed by atoms with Gasteiger partial charge in [-0.05, 0) is 19.1 Å². The molecule has 0 bridgehead atoms. The van der Waals surface area contributed by atoms with Crippen molar-refractivity contribution in [1.29, 1.82) is 10.5 Å². The highest BCUT2D eigenvalue weighted by atomic mass is 35.5. The van der Waals surface area contributed by atoms with Crippen LogP contribution in [0.3, 0.4) is 0 Å². The van der Waals surface area contributed by atoms with E-state index >= 15 is 0 Å². The number of nitrogens with one attached hydrogen (secondary N) is 2. The molecule has 0 saturated heterocycles. The molecule has 2 rings (SSSR count). The molecule has 1 aromatic rings. The molecule has 1 aromatic heterocycles. The maximum atomic E-state index is 12.4. The van der Waals surface area contributed by atoms with Crippen LogP contribution in [0.5, 0.6) is 0 Å². The van der Waals surface area contributed by atoms with Crippen LogP contribution in [0.25, 0.3) is 0 Å². The fraction of sp³-hybridized carbons (Fsp3) is 0.353. The summed E-state index contributed by atoms with van der Waals surface area (Å²) in [6, 6.07) is 7.17. The minimum Gasteiger partial charge on any atom is -0.319 e. The van der Waals surface area contributed by atoms with Crippen LogP contribution in [-0.2, 0) is 9.59 Å². The van der Waals surface area contributed by atoms with E-state index in [0.717, 1.165) is 11.8 Å². The molecule has 9 heteroatoms. The number of pyridine rings is 1. The summed E-state index contributed by atoms with van der Waals surface area (Å²) in [5, 5.41) is 24.1. The highest BCUT2D eigenvalue weighted by Gasteiger charge is 2.45. The van der Waals surface area contributed by atoms with Crippen LogP contribution in [0.1, 0.15) is 20.8 Å². The topological polar surface area (TPSA) is 119 Å². The van der Waals surface area contributed by atoms with Gasteiger partial charge in [0.15, 0.2) is 0 Å². The number of allylic oxidation sites excluding steroid dienone is 1. The summed E-state index contributed by atoms with van der Waals surface area (Å²) >= 11 is 6.81. The second kappa shape index (κ2) is 7.77. The average molecular weight is 390 g/mol. The zero-order valence-electron chi connectivity index (χ0n) is 14.3. The molecule has 0 spiro atoms. The minimum absolute atomic E-state index is 0.276.